The van der Waals surface area contributed by atoms with Gasteiger partial charge in [0.25, 0.3) is 0 Å². The summed E-state index contributed by atoms with van der Waals surface area (Å²) in [5.74, 6) is 0. The van der Waals surface area contributed by atoms with E-state index in [-0.39, 0.29) is 5.38 Å². The number of anilines is 1. The van der Waals surface area contributed by atoms with Gasteiger partial charge in [0.2, 0.25) is 0 Å². The first kappa shape index (κ1) is 12.3. The zero-order valence-electron chi connectivity index (χ0n) is 8.70. The van der Waals surface area contributed by atoms with Gasteiger partial charge < -0.3 is 5.32 Å². The van der Waals surface area contributed by atoms with Crippen LogP contribution in [0.2, 0.25) is 0 Å². The summed E-state index contributed by atoms with van der Waals surface area (Å²) < 4.78 is 22.3. The number of sulfone groups is 1. The van der Waals surface area contributed by atoms with Crippen molar-refractivity contribution in [2.75, 3.05) is 18.1 Å². The highest BCUT2D eigenvalue weighted by Gasteiger charge is 2.05. The lowest BCUT2D eigenvalue weighted by molar-refractivity contribution is 0.602. The van der Waals surface area contributed by atoms with E-state index in [1.54, 1.807) is 24.3 Å². The van der Waals surface area contributed by atoms with E-state index in [0.29, 0.717) is 11.4 Å². The molecule has 5 heteroatoms. The van der Waals surface area contributed by atoms with Crippen LogP contribution in [0.5, 0.6) is 0 Å². The third-order valence-corrected chi connectivity index (χ3v) is 3.15. The molecule has 0 aliphatic carbocycles. The number of hydrogen-bond donors (Lipinski definition) is 1. The van der Waals surface area contributed by atoms with Crippen LogP contribution in [0.3, 0.4) is 0 Å². The first-order chi connectivity index (χ1) is 6.89. The van der Waals surface area contributed by atoms with E-state index < -0.39 is 9.84 Å². The molecule has 0 aliphatic heterocycles. The van der Waals surface area contributed by atoms with Crippen molar-refractivity contribution in [3.05, 3.63) is 24.3 Å². The smallest absolute Gasteiger partial charge is 0.175 e. The highest BCUT2D eigenvalue weighted by atomic mass is 35.5. The Kier molecular flexibility index (Phi) is 3.99. The Bertz CT molecular complexity index is 412. The monoisotopic (exact) mass is 247 g/mol. The second-order valence-electron chi connectivity index (χ2n) is 3.46. The fourth-order valence-corrected chi connectivity index (χ4v) is 1.79. The molecule has 0 radical (unpaired) electrons. The van der Waals surface area contributed by atoms with Crippen LogP contribution in [-0.4, -0.2) is 26.6 Å². The molecular formula is C10H14ClNO2S. The molecule has 1 unspecified atom stereocenters. The van der Waals surface area contributed by atoms with Crippen molar-refractivity contribution in [3.63, 3.8) is 0 Å². The van der Waals surface area contributed by atoms with Crippen molar-refractivity contribution >= 4 is 27.1 Å². The minimum atomic E-state index is -3.10. The zero-order valence-corrected chi connectivity index (χ0v) is 10.3. The van der Waals surface area contributed by atoms with Gasteiger partial charge in [0, 0.05) is 23.9 Å². The Morgan fingerprint density at radius 3 is 2.27 bits per heavy atom. The van der Waals surface area contributed by atoms with Crippen LogP contribution < -0.4 is 5.32 Å². The maximum absolute atomic E-state index is 11.2. The molecule has 0 aliphatic rings. The van der Waals surface area contributed by atoms with Crippen LogP contribution in [-0.2, 0) is 9.84 Å². The zero-order chi connectivity index (χ0) is 11.5. The maximum Gasteiger partial charge on any atom is 0.175 e. The summed E-state index contributed by atoms with van der Waals surface area (Å²) in [4.78, 5) is 0.326. The van der Waals surface area contributed by atoms with Crippen LogP contribution in [0.1, 0.15) is 6.92 Å². The van der Waals surface area contributed by atoms with E-state index in [1.165, 1.54) is 6.26 Å². The first-order valence-electron chi connectivity index (χ1n) is 4.57. The quantitative estimate of drug-likeness (QED) is 0.830. The van der Waals surface area contributed by atoms with Gasteiger partial charge >= 0.3 is 0 Å². The largest absolute Gasteiger partial charge is 0.384 e. The number of nitrogens with one attached hydrogen (secondary N) is 1. The molecule has 1 rings (SSSR count). The van der Waals surface area contributed by atoms with Crippen molar-refractivity contribution in [2.45, 2.75) is 17.2 Å². The van der Waals surface area contributed by atoms with Gasteiger partial charge in [0.05, 0.1) is 4.90 Å². The van der Waals surface area contributed by atoms with Crippen LogP contribution >= 0.6 is 11.6 Å². The summed E-state index contributed by atoms with van der Waals surface area (Å²) in [5.41, 5.74) is 0.870. The molecular weight excluding hydrogens is 234 g/mol. The van der Waals surface area contributed by atoms with Crippen molar-refractivity contribution in [3.8, 4) is 0 Å². The van der Waals surface area contributed by atoms with E-state index >= 15 is 0 Å². The Labute approximate surface area is 95.4 Å². The standard InChI is InChI=1S/C10H14ClNO2S/c1-8(11)7-12-9-3-5-10(6-4-9)15(2,13)14/h3-6,8,12H,7H2,1-2H3. The van der Waals surface area contributed by atoms with E-state index in [0.717, 1.165) is 5.69 Å². The Morgan fingerprint density at radius 2 is 1.87 bits per heavy atom. The highest BCUT2D eigenvalue weighted by molar-refractivity contribution is 7.90. The normalized spacial score (nSPS) is 13.5. The maximum atomic E-state index is 11.2. The third kappa shape index (κ3) is 4.10. The molecule has 0 spiro atoms. The summed E-state index contributed by atoms with van der Waals surface area (Å²) in [6.07, 6.45) is 1.19. The molecule has 1 N–H and O–H groups in total. The first-order valence-corrected chi connectivity index (χ1v) is 6.90. The lowest BCUT2D eigenvalue weighted by Crippen LogP contribution is -2.10. The van der Waals surface area contributed by atoms with Crippen molar-refractivity contribution < 1.29 is 8.42 Å². The summed E-state index contributed by atoms with van der Waals surface area (Å²) in [5, 5.41) is 3.14. The van der Waals surface area contributed by atoms with Crippen molar-refractivity contribution in [1.29, 1.82) is 0 Å². The lowest BCUT2D eigenvalue weighted by Gasteiger charge is -2.07. The summed E-state index contributed by atoms with van der Waals surface area (Å²) in [6, 6.07) is 6.62. The van der Waals surface area contributed by atoms with E-state index in [1.807, 2.05) is 6.92 Å². The number of benzene rings is 1. The molecule has 0 saturated heterocycles. The van der Waals surface area contributed by atoms with Gasteiger partial charge in [-0.2, -0.15) is 0 Å². The van der Waals surface area contributed by atoms with Gasteiger partial charge in [-0.05, 0) is 31.2 Å². The predicted octanol–water partition coefficient (Wildman–Crippen LogP) is 2.13. The lowest BCUT2D eigenvalue weighted by atomic mass is 10.3. The molecule has 15 heavy (non-hydrogen) atoms. The molecule has 0 fully saturated rings. The van der Waals surface area contributed by atoms with Gasteiger partial charge in [0.1, 0.15) is 0 Å². The molecule has 1 atom stereocenters. The van der Waals surface area contributed by atoms with Gasteiger partial charge in [-0.3, -0.25) is 0 Å². The molecule has 0 amide bonds. The molecule has 0 bridgehead atoms. The van der Waals surface area contributed by atoms with Gasteiger partial charge in [-0.25, -0.2) is 8.42 Å². The topological polar surface area (TPSA) is 46.2 Å². The Morgan fingerprint density at radius 1 is 1.33 bits per heavy atom. The number of halogens is 1. The van der Waals surface area contributed by atoms with Crippen LogP contribution in [0.25, 0.3) is 0 Å². The number of rotatable bonds is 4. The molecule has 3 nitrogen and oxygen atoms in total. The van der Waals surface area contributed by atoms with Gasteiger partial charge in [0.15, 0.2) is 9.84 Å². The molecule has 84 valence electrons. The Hall–Kier alpha value is -0.740. The number of alkyl halides is 1. The predicted molar refractivity (Wildman–Crippen MR) is 63.4 cm³/mol. The van der Waals surface area contributed by atoms with E-state index in [4.69, 9.17) is 11.6 Å². The van der Waals surface area contributed by atoms with E-state index in [9.17, 15) is 8.42 Å². The summed E-state index contributed by atoms with van der Waals surface area (Å²) >= 11 is 5.77. The fraction of sp³-hybridized carbons (Fsp3) is 0.400. The SMILES string of the molecule is CC(Cl)CNc1ccc(S(C)(=O)=O)cc1. The second-order valence-corrected chi connectivity index (χ2v) is 6.22. The third-order valence-electron chi connectivity index (χ3n) is 1.87. The summed E-state index contributed by atoms with van der Waals surface area (Å²) in [6.45, 7) is 2.54. The van der Waals surface area contributed by atoms with Crippen LogP contribution in [0, 0.1) is 0 Å². The molecule has 0 heterocycles. The summed E-state index contributed by atoms with van der Waals surface area (Å²) in [7, 11) is -3.10. The Balaban J connectivity index is 2.73. The highest BCUT2D eigenvalue weighted by Crippen LogP contribution is 2.13. The fourth-order valence-electron chi connectivity index (χ4n) is 1.08. The average molecular weight is 248 g/mol. The minimum Gasteiger partial charge on any atom is -0.384 e. The molecule has 0 saturated carbocycles. The van der Waals surface area contributed by atoms with Gasteiger partial charge in [-0.15, -0.1) is 11.6 Å². The minimum absolute atomic E-state index is 0.0413. The average Bonchev–Trinajstić information content (AvgIpc) is 2.14. The molecule has 0 aromatic heterocycles. The van der Waals surface area contributed by atoms with E-state index in [2.05, 4.69) is 5.32 Å². The van der Waals surface area contributed by atoms with Crippen molar-refractivity contribution in [2.24, 2.45) is 0 Å². The second kappa shape index (κ2) is 4.86. The molecule has 1 aromatic carbocycles. The van der Waals surface area contributed by atoms with Crippen LogP contribution in [0.15, 0.2) is 29.2 Å². The van der Waals surface area contributed by atoms with Crippen molar-refractivity contribution in [1.82, 2.24) is 0 Å². The van der Waals surface area contributed by atoms with Gasteiger partial charge in [-0.1, -0.05) is 0 Å². The van der Waals surface area contributed by atoms with Crippen LogP contribution in [0.4, 0.5) is 5.69 Å². The number of hydrogen-bond acceptors (Lipinski definition) is 3. The molecule has 1 aromatic rings.